The zero-order valence-corrected chi connectivity index (χ0v) is 23.6. The molecule has 0 unspecified atom stereocenters. The third-order valence-corrected chi connectivity index (χ3v) is 9.01. The van der Waals surface area contributed by atoms with Crippen molar-refractivity contribution in [1.29, 1.82) is 0 Å². The zero-order valence-electron chi connectivity index (χ0n) is 23.6. The Labute approximate surface area is 231 Å². The standard InChI is InChI=1S/C31H46F2N2O4/c1-34-21-24(19-23-10-14-30(32,33)15-11-23)20-28(36)35-16-6-8-26(22-35)31(37,13-3-4-17-38-2)27-9-5-7-25-12-18-39-29(25)27/h5,7,9,12,18,23-24,26,34,37H,3-4,6,8,10-11,13-17,19-22H2,1-2H3/t24-,26-,31+/m1/s1. The summed E-state index contributed by atoms with van der Waals surface area (Å²) in [6.45, 7) is 2.52. The molecule has 2 aliphatic rings. The molecule has 1 aromatic heterocycles. The summed E-state index contributed by atoms with van der Waals surface area (Å²) in [5.74, 6) is -2.19. The van der Waals surface area contributed by atoms with Gasteiger partial charge in [0.2, 0.25) is 11.8 Å². The Morgan fingerprint density at radius 1 is 1.26 bits per heavy atom. The van der Waals surface area contributed by atoms with E-state index in [1.807, 2.05) is 36.2 Å². The monoisotopic (exact) mass is 548 g/mol. The van der Waals surface area contributed by atoms with Crippen LogP contribution in [0.2, 0.25) is 0 Å². The van der Waals surface area contributed by atoms with Gasteiger partial charge in [-0.15, -0.1) is 0 Å². The lowest BCUT2D eigenvalue weighted by Crippen LogP contribution is -2.48. The number of amides is 1. The summed E-state index contributed by atoms with van der Waals surface area (Å²) in [6.07, 6.45) is 7.71. The molecule has 3 atom stereocenters. The Morgan fingerprint density at radius 3 is 2.79 bits per heavy atom. The van der Waals surface area contributed by atoms with Crippen LogP contribution in [0.25, 0.3) is 11.0 Å². The van der Waals surface area contributed by atoms with E-state index in [1.165, 1.54) is 0 Å². The van der Waals surface area contributed by atoms with Gasteiger partial charge in [0.15, 0.2) is 0 Å². The normalized spacial score (nSPS) is 22.6. The zero-order chi connectivity index (χ0) is 27.9. The molecule has 0 bridgehead atoms. The predicted molar refractivity (Wildman–Crippen MR) is 149 cm³/mol. The van der Waals surface area contributed by atoms with E-state index in [-0.39, 0.29) is 36.5 Å². The average Bonchev–Trinajstić information content (AvgIpc) is 3.41. The minimum atomic E-state index is -2.53. The first-order chi connectivity index (χ1) is 18.8. The molecular formula is C31H46F2N2O4. The van der Waals surface area contributed by atoms with Crippen molar-refractivity contribution in [2.75, 3.05) is 40.4 Å². The Balaban J connectivity index is 1.46. The van der Waals surface area contributed by atoms with E-state index in [0.29, 0.717) is 57.5 Å². The Morgan fingerprint density at radius 2 is 2.05 bits per heavy atom. The van der Waals surface area contributed by atoms with Crippen LogP contribution in [0.1, 0.15) is 76.2 Å². The van der Waals surface area contributed by atoms with E-state index in [1.54, 1.807) is 13.4 Å². The number of alkyl halides is 2. The molecule has 1 saturated heterocycles. The lowest BCUT2D eigenvalue weighted by Gasteiger charge is -2.43. The quantitative estimate of drug-likeness (QED) is 0.295. The fraction of sp³-hybridized carbons (Fsp3) is 0.710. The molecule has 2 fully saturated rings. The largest absolute Gasteiger partial charge is 0.464 e. The van der Waals surface area contributed by atoms with Crippen LogP contribution in [0, 0.1) is 17.8 Å². The highest BCUT2D eigenvalue weighted by Crippen LogP contribution is 2.43. The Hall–Kier alpha value is -2.03. The Kier molecular flexibility index (Phi) is 10.4. The maximum Gasteiger partial charge on any atom is 0.248 e. The van der Waals surface area contributed by atoms with Gasteiger partial charge in [0.05, 0.1) is 11.9 Å². The number of halogens is 2. The lowest BCUT2D eigenvalue weighted by molar-refractivity contribution is -0.138. The van der Waals surface area contributed by atoms with Gasteiger partial charge < -0.3 is 24.5 Å². The van der Waals surface area contributed by atoms with Crippen LogP contribution in [0.4, 0.5) is 8.78 Å². The number of hydrogen-bond donors (Lipinski definition) is 2. The van der Waals surface area contributed by atoms with Crippen LogP contribution in [0.3, 0.4) is 0 Å². The summed E-state index contributed by atoms with van der Waals surface area (Å²) in [7, 11) is 3.56. The number of carbonyl (C=O) groups is 1. The van der Waals surface area contributed by atoms with Gasteiger partial charge in [-0.25, -0.2) is 8.78 Å². The van der Waals surface area contributed by atoms with Crippen molar-refractivity contribution in [2.24, 2.45) is 17.8 Å². The van der Waals surface area contributed by atoms with Crippen LogP contribution >= 0.6 is 0 Å². The number of carbonyl (C=O) groups excluding carboxylic acids is 1. The van der Waals surface area contributed by atoms with Crippen molar-refractivity contribution < 1.29 is 27.8 Å². The summed E-state index contributed by atoms with van der Waals surface area (Å²) < 4.78 is 38.4. The van der Waals surface area contributed by atoms with Crippen molar-refractivity contribution in [3.8, 4) is 0 Å². The van der Waals surface area contributed by atoms with Crippen molar-refractivity contribution in [1.82, 2.24) is 10.2 Å². The van der Waals surface area contributed by atoms with Crippen LogP contribution in [-0.2, 0) is 15.1 Å². The highest BCUT2D eigenvalue weighted by Gasteiger charge is 2.43. The van der Waals surface area contributed by atoms with E-state index in [0.717, 1.165) is 43.1 Å². The number of piperidine rings is 1. The van der Waals surface area contributed by atoms with Crippen LogP contribution in [0.15, 0.2) is 34.9 Å². The highest BCUT2D eigenvalue weighted by atomic mass is 19.3. The van der Waals surface area contributed by atoms with Gasteiger partial charge in [0.25, 0.3) is 0 Å². The van der Waals surface area contributed by atoms with Crippen LogP contribution in [-0.4, -0.2) is 62.2 Å². The predicted octanol–water partition coefficient (Wildman–Crippen LogP) is 6.12. The summed E-state index contributed by atoms with van der Waals surface area (Å²) in [6, 6.07) is 7.82. The second-order valence-electron chi connectivity index (χ2n) is 11.9. The number of ether oxygens (including phenoxy) is 1. The minimum absolute atomic E-state index is 0.0446. The number of methoxy groups -OCH3 is 1. The SMILES string of the molecule is CNC[C@@H](CC(=O)N1CCC[C@@H]([C@@](O)(CCCCOC)c2cccc3ccoc23)C1)CC1CCC(F)(F)CC1. The molecule has 1 amide bonds. The summed E-state index contributed by atoms with van der Waals surface area (Å²) in [5, 5.41) is 16.5. The van der Waals surface area contributed by atoms with Gasteiger partial charge >= 0.3 is 0 Å². The van der Waals surface area contributed by atoms with E-state index in [4.69, 9.17) is 9.15 Å². The van der Waals surface area contributed by atoms with Crippen molar-refractivity contribution in [3.05, 3.63) is 36.1 Å². The van der Waals surface area contributed by atoms with Crippen molar-refractivity contribution in [2.45, 2.75) is 82.2 Å². The second-order valence-corrected chi connectivity index (χ2v) is 11.9. The number of furan rings is 1. The van der Waals surface area contributed by atoms with Crippen molar-refractivity contribution >= 4 is 16.9 Å². The van der Waals surface area contributed by atoms with Crippen LogP contribution < -0.4 is 5.32 Å². The minimum Gasteiger partial charge on any atom is -0.464 e. The van der Waals surface area contributed by atoms with Gasteiger partial charge in [0.1, 0.15) is 5.58 Å². The molecule has 39 heavy (non-hydrogen) atoms. The van der Waals surface area contributed by atoms with Gasteiger partial charge in [-0.3, -0.25) is 4.79 Å². The molecule has 6 nitrogen and oxygen atoms in total. The molecule has 4 rings (SSSR count). The molecule has 2 heterocycles. The third-order valence-electron chi connectivity index (χ3n) is 9.01. The fourth-order valence-electron chi connectivity index (χ4n) is 6.84. The fourth-order valence-corrected chi connectivity index (χ4v) is 6.84. The van der Waals surface area contributed by atoms with Gasteiger partial charge in [-0.1, -0.05) is 18.2 Å². The molecule has 1 aliphatic carbocycles. The van der Waals surface area contributed by atoms with E-state index in [9.17, 15) is 18.7 Å². The molecule has 1 aliphatic heterocycles. The van der Waals surface area contributed by atoms with Crippen LogP contribution in [0.5, 0.6) is 0 Å². The number of nitrogens with one attached hydrogen (secondary N) is 1. The first-order valence-corrected chi connectivity index (χ1v) is 14.7. The molecule has 2 aromatic rings. The number of unbranched alkanes of at least 4 members (excludes halogenated alkanes) is 1. The molecular weight excluding hydrogens is 502 g/mol. The molecule has 218 valence electrons. The van der Waals surface area contributed by atoms with E-state index < -0.39 is 11.5 Å². The molecule has 1 saturated carbocycles. The number of benzene rings is 1. The van der Waals surface area contributed by atoms with Gasteiger partial charge in [-0.05, 0) is 82.9 Å². The first kappa shape index (κ1) is 29.9. The second kappa shape index (κ2) is 13.6. The maximum absolute atomic E-state index is 13.7. The average molecular weight is 549 g/mol. The summed E-state index contributed by atoms with van der Waals surface area (Å²) >= 11 is 0. The number of likely N-dealkylation sites (tertiary alicyclic amines) is 1. The molecule has 1 aromatic carbocycles. The highest BCUT2D eigenvalue weighted by molar-refractivity contribution is 5.81. The van der Waals surface area contributed by atoms with Gasteiger partial charge in [0, 0.05) is 62.9 Å². The van der Waals surface area contributed by atoms with Gasteiger partial charge in [-0.2, -0.15) is 0 Å². The number of aliphatic hydroxyl groups is 1. The number of hydrogen-bond acceptors (Lipinski definition) is 5. The Bertz CT molecular complexity index is 1050. The molecule has 0 radical (unpaired) electrons. The number of para-hydroxylation sites is 1. The van der Waals surface area contributed by atoms with E-state index >= 15 is 0 Å². The first-order valence-electron chi connectivity index (χ1n) is 14.7. The molecule has 2 N–H and O–H groups in total. The summed E-state index contributed by atoms with van der Waals surface area (Å²) in [4.78, 5) is 15.5. The number of nitrogens with zero attached hydrogens (tertiary/aromatic N) is 1. The lowest BCUT2D eigenvalue weighted by atomic mass is 9.73. The van der Waals surface area contributed by atoms with E-state index in [2.05, 4.69) is 5.32 Å². The van der Waals surface area contributed by atoms with Crippen molar-refractivity contribution in [3.63, 3.8) is 0 Å². The molecule has 8 heteroatoms. The smallest absolute Gasteiger partial charge is 0.248 e. The third kappa shape index (κ3) is 7.59. The molecule has 0 spiro atoms. The maximum atomic E-state index is 13.7. The number of rotatable bonds is 13. The topological polar surface area (TPSA) is 74.9 Å². The number of fused-ring (bicyclic) bond motifs is 1. The summed E-state index contributed by atoms with van der Waals surface area (Å²) in [5.41, 5.74) is 0.382.